The quantitative estimate of drug-likeness (QED) is 0.717. The number of halogens is 1. The molecular formula is C18H28ClN3O3. The Morgan fingerprint density at radius 2 is 1.88 bits per heavy atom. The summed E-state index contributed by atoms with van der Waals surface area (Å²) in [5.74, 6) is 0.304. The van der Waals surface area contributed by atoms with Gasteiger partial charge in [-0.3, -0.25) is 9.59 Å². The van der Waals surface area contributed by atoms with Crippen molar-refractivity contribution in [2.45, 2.75) is 45.4 Å². The molecule has 2 rings (SSSR count). The number of hydrogen-bond donors (Lipinski definition) is 3. The largest absolute Gasteiger partial charge is 0.494 e. The van der Waals surface area contributed by atoms with Crippen LogP contribution in [0.3, 0.4) is 0 Å². The summed E-state index contributed by atoms with van der Waals surface area (Å²) < 4.78 is 5.27. The first kappa shape index (κ1) is 21.3. The zero-order chi connectivity index (χ0) is 17.6. The fourth-order valence-electron chi connectivity index (χ4n) is 3.36. The third kappa shape index (κ3) is 5.90. The fourth-order valence-corrected chi connectivity index (χ4v) is 3.36. The zero-order valence-corrected chi connectivity index (χ0v) is 15.7. The van der Waals surface area contributed by atoms with Crippen molar-refractivity contribution in [3.8, 4) is 5.75 Å². The summed E-state index contributed by atoms with van der Waals surface area (Å²) in [6.45, 7) is 1.98. The van der Waals surface area contributed by atoms with Gasteiger partial charge in [0.2, 0.25) is 11.8 Å². The van der Waals surface area contributed by atoms with E-state index in [0.29, 0.717) is 30.1 Å². The summed E-state index contributed by atoms with van der Waals surface area (Å²) in [4.78, 5) is 23.6. The van der Waals surface area contributed by atoms with Crippen LogP contribution in [0.25, 0.3) is 0 Å². The number of methoxy groups -OCH3 is 1. The molecule has 140 valence electrons. The highest BCUT2D eigenvalue weighted by Gasteiger charge is 2.32. The molecule has 1 aliphatic carbocycles. The fraction of sp³-hybridized carbons (Fsp3) is 0.556. The average Bonchev–Trinajstić information content (AvgIpc) is 2.56. The zero-order valence-electron chi connectivity index (χ0n) is 14.9. The van der Waals surface area contributed by atoms with Gasteiger partial charge in [0, 0.05) is 25.1 Å². The van der Waals surface area contributed by atoms with Crippen molar-refractivity contribution in [2.75, 3.05) is 24.3 Å². The number of carbonyl (C=O) groups excluding carboxylic acids is 2. The summed E-state index contributed by atoms with van der Waals surface area (Å²) >= 11 is 0. The van der Waals surface area contributed by atoms with E-state index in [2.05, 4.69) is 10.6 Å². The van der Waals surface area contributed by atoms with Gasteiger partial charge < -0.3 is 21.1 Å². The lowest BCUT2D eigenvalue weighted by atomic mass is 9.71. The number of amides is 2. The number of anilines is 2. The van der Waals surface area contributed by atoms with Crippen LogP contribution in [0.4, 0.5) is 11.4 Å². The molecule has 1 aromatic carbocycles. The molecule has 7 heteroatoms. The average molecular weight is 370 g/mol. The van der Waals surface area contributed by atoms with E-state index in [1.807, 2.05) is 0 Å². The van der Waals surface area contributed by atoms with Crippen LogP contribution in [0.1, 0.15) is 45.4 Å². The van der Waals surface area contributed by atoms with Gasteiger partial charge in [-0.15, -0.1) is 12.4 Å². The van der Waals surface area contributed by atoms with E-state index >= 15 is 0 Å². The second-order valence-corrected chi connectivity index (χ2v) is 6.59. The molecule has 6 nitrogen and oxygen atoms in total. The number of ether oxygens (including phenoxy) is 1. The van der Waals surface area contributed by atoms with E-state index in [4.69, 9.17) is 10.5 Å². The summed E-state index contributed by atoms with van der Waals surface area (Å²) in [7, 11) is 1.53. The Hall–Kier alpha value is -1.79. The van der Waals surface area contributed by atoms with Crippen molar-refractivity contribution in [3.63, 3.8) is 0 Å². The van der Waals surface area contributed by atoms with Crippen LogP contribution in [0.5, 0.6) is 5.75 Å². The Morgan fingerprint density at radius 1 is 1.20 bits per heavy atom. The van der Waals surface area contributed by atoms with Crippen molar-refractivity contribution in [1.29, 1.82) is 0 Å². The molecule has 0 aliphatic heterocycles. The van der Waals surface area contributed by atoms with Gasteiger partial charge >= 0.3 is 0 Å². The summed E-state index contributed by atoms with van der Waals surface area (Å²) in [5, 5.41) is 5.61. The van der Waals surface area contributed by atoms with Gasteiger partial charge in [-0.1, -0.05) is 19.3 Å². The van der Waals surface area contributed by atoms with Gasteiger partial charge in [0.15, 0.2) is 0 Å². The highest BCUT2D eigenvalue weighted by molar-refractivity contribution is 5.94. The second-order valence-electron chi connectivity index (χ2n) is 6.59. The standard InChI is InChI=1S/C18H27N3O3.ClH/c1-13(22)20-15-7-6-14(10-16(15)24-2)21-17(23)11-18(12-19)8-4-3-5-9-18;/h6-7,10H,3-5,8-9,11-12,19H2,1-2H3,(H,20,22)(H,21,23);1H. The van der Waals surface area contributed by atoms with Gasteiger partial charge in [-0.05, 0) is 36.9 Å². The maximum absolute atomic E-state index is 12.4. The highest BCUT2D eigenvalue weighted by Crippen LogP contribution is 2.38. The molecule has 0 bridgehead atoms. The number of benzene rings is 1. The number of hydrogen-bond acceptors (Lipinski definition) is 4. The Labute approximate surface area is 155 Å². The van der Waals surface area contributed by atoms with E-state index in [-0.39, 0.29) is 29.6 Å². The lowest BCUT2D eigenvalue weighted by molar-refractivity contribution is -0.119. The smallest absolute Gasteiger partial charge is 0.224 e. The highest BCUT2D eigenvalue weighted by atomic mass is 35.5. The van der Waals surface area contributed by atoms with E-state index in [0.717, 1.165) is 25.7 Å². The van der Waals surface area contributed by atoms with E-state index < -0.39 is 0 Å². The summed E-state index contributed by atoms with van der Waals surface area (Å²) in [5.41, 5.74) is 7.11. The molecule has 0 atom stereocenters. The molecule has 1 saturated carbocycles. The Kier molecular flexibility index (Phi) is 8.19. The predicted molar refractivity (Wildman–Crippen MR) is 102 cm³/mol. The minimum Gasteiger partial charge on any atom is -0.494 e. The number of nitrogens with two attached hydrogens (primary N) is 1. The SMILES string of the molecule is COc1cc(NC(=O)CC2(CN)CCCCC2)ccc1NC(C)=O.Cl. The molecule has 0 aromatic heterocycles. The van der Waals surface area contributed by atoms with Crippen LogP contribution in [-0.2, 0) is 9.59 Å². The molecule has 2 amide bonds. The Balaban J connectivity index is 0.00000312. The molecule has 4 N–H and O–H groups in total. The van der Waals surface area contributed by atoms with Crippen LogP contribution in [-0.4, -0.2) is 25.5 Å². The van der Waals surface area contributed by atoms with E-state index in [1.54, 1.807) is 18.2 Å². The Morgan fingerprint density at radius 3 is 2.44 bits per heavy atom. The lowest BCUT2D eigenvalue weighted by Crippen LogP contribution is -2.36. The van der Waals surface area contributed by atoms with Crippen molar-refractivity contribution >= 4 is 35.6 Å². The molecule has 0 unspecified atom stereocenters. The second kappa shape index (κ2) is 9.63. The first-order valence-corrected chi connectivity index (χ1v) is 8.43. The molecule has 0 saturated heterocycles. The third-order valence-corrected chi connectivity index (χ3v) is 4.68. The van der Waals surface area contributed by atoms with Crippen molar-refractivity contribution in [2.24, 2.45) is 11.1 Å². The van der Waals surface area contributed by atoms with Crippen LogP contribution in [0.15, 0.2) is 18.2 Å². The predicted octanol–water partition coefficient (Wildman–Crippen LogP) is 3.31. The molecule has 0 heterocycles. The van der Waals surface area contributed by atoms with Gasteiger partial charge in [0.1, 0.15) is 5.75 Å². The van der Waals surface area contributed by atoms with Gasteiger partial charge in [-0.25, -0.2) is 0 Å². The van der Waals surface area contributed by atoms with Crippen molar-refractivity contribution in [1.82, 2.24) is 0 Å². The number of rotatable bonds is 6. The minimum absolute atomic E-state index is 0. The Bertz CT molecular complexity index is 601. The van der Waals surface area contributed by atoms with Gasteiger partial charge in [0.25, 0.3) is 0 Å². The monoisotopic (exact) mass is 369 g/mol. The molecule has 0 spiro atoms. The molecule has 0 radical (unpaired) electrons. The van der Waals surface area contributed by atoms with Gasteiger partial charge in [-0.2, -0.15) is 0 Å². The van der Waals surface area contributed by atoms with E-state index in [9.17, 15) is 9.59 Å². The minimum atomic E-state index is -0.174. The van der Waals surface area contributed by atoms with Crippen LogP contribution < -0.4 is 21.1 Å². The maximum Gasteiger partial charge on any atom is 0.224 e. The van der Waals surface area contributed by atoms with Crippen LogP contribution >= 0.6 is 12.4 Å². The summed E-state index contributed by atoms with van der Waals surface area (Å²) in [6, 6.07) is 5.18. The van der Waals surface area contributed by atoms with Crippen molar-refractivity contribution in [3.05, 3.63) is 18.2 Å². The molecule has 1 fully saturated rings. The van der Waals surface area contributed by atoms with Gasteiger partial charge in [0.05, 0.1) is 12.8 Å². The molecule has 1 aliphatic rings. The van der Waals surface area contributed by atoms with Crippen LogP contribution in [0.2, 0.25) is 0 Å². The maximum atomic E-state index is 12.4. The number of carbonyl (C=O) groups is 2. The lowest BCUT2D eigenvalue weighted by Gasteiger charge is -2.35. The third-order valence-electron chi connectivity index (χ3n) is 4.68. The first-order valence-electron chi connectivity index (χ1n) is 8.43. The molecule has 1 aromatic rings. The molecular weight excluding hydrogens is 342 g/mol. The van der Waals surface area contributed by atoms with Crippen molar-refractivity contribution < 1.29 is 14.3 Å². The van der Waals surface area contributed by atoms with Crippen LogP contribution in [0, 0.1) is 5.41 Å². The normalized spacial score (nSPS) is 15.6. The summed E-state index contributed by atoms with van der Waals surface area (Å²) in [6.07, 6.45) is 5.99. The first-order chi connectivity index (χ1) is 11.5. The van der Waals surface area contributed by atoms with E-state index in [1.165, 1.54) is 20.5 Å². The number of nitrogens with one attached hydrogen (secondary N) is 2. The topological polar surface area (TPSA) is 93.4 Å². The molecule has 25 heavy (non-hydrogen) atoms.